The summed E-state index contributed by atoms with van der Waals surface area (Å²) >= 11 is 1.85. The molecule has 0 saturated heterocycles. The van der Waals surface area contributed by atoms with Gasteiger partial charge in [-0.25, -0.2) is 0 Å². The van der Waals surface area contributed by atoms with E-state index in [0.717, 1.165) is 61.3 Å². The molecule has 2 nitrogen and oxygen atoms in total. The van der Waals surface area contributed by atoms with Crippen molar-refractivity contribution in [2.45, 2.75) is 0 Å². The van der Waals surface area contributed by atoms with Crippen molar-refractivity contribution in [3.8, 4) is 33.4 Å². The Morgan fingerprint density at radius 3 is 1.90 bits per heavy atom. The highest BCUT2D eigenvalue weighted by atomic mass is 32.1. The molecule has 0 spiro atoms. The SMILES string of the molecule is c1ccc(-c2ccc(-c3cc4ccccc4c4ccccc34)cc2N(c2cccc(-c3cccc4oc5ccccc5c34)c2)c2ccc3c(c2)sc2ccccc23)cc1. The molecule has 2 aromatic heterocycles. The van der Waals surface area contributed by atoms with Crippen molar-refractivity contribution in [1.82, 2.24) is 0 Å². The zero-order chi connectivity index (χ0) is 38.9. The lowest BCUT2D eigenvalue weighted by Crippen LogP contribution is -2.11. The van der Waals surface area contributed by atoms with Crippen molar-refractivity contribution in [3.05, 3.63) is 212 Å². The van der Waals surface area contributed by atoms with Crippen LogP contribution in [-0.2, 0) is 0 Å². The molecule has 0 aliphatic carbocycles. The van der Waals surface area contributed by atoms with Crippen LogP contribution in [0.15, 0.2) is 217 Å². The van der Waals surface area contributed by atoms with Crippen LogP contribution in [0.4, 0.5) is 17.1 Å². The Morgan fingerprint density at radius 2 is 1.00 bits per heavy atom. The van der Waals surface area contributed by atoms with Crippen molar-refractivity contribution >= 4 is 92.1 Å². The minimum absolute atomic E-state index is 0.892. The number of para-hydroxylation sites is 1. The predicted molar refractivity (Wildman–Crippen MR) is 253 cm³/mol. The van der Waals surface area contributed by atoms with Gasteiger partial charge in [0, 0.05) is 47.9 Å². The molecule has 12 aromatic rings. The van der Waals surface area contributed by atoms with Crippen molar-refractivity contribution in [1.29, 1.82) is 0 Å². The smallest absolute Gasteiger partial charge is 0.136 e. The fraction of sp³-hybridized carbons (Fsp3) is 0. The highest BCUT2D eigenvalue weighted by Crippen LogP contribution is 2.47. The first-order valence-corrected chi connectivity index (χ1v) is 20.9. The van der Waals surface area contributed by atoms with Crippen LogP contribution in [0.5, 0.6) is 0 Å². The van der Waals surface area contributed by atoms with Crippen LogP contribution in [0.25, 0.3) is 97.0 Å². The Labute approximate surface area is 345 Å². The molecule has 59 heavy (non-hydrogen) atoms. The number of benzene rings is 10. The first-order chi connectivity index (χ1) is 29.2. The third kappa shape index (κ3) is 5.55. The van der Waals surface area contributed by atoms with E-state index in [1.807, 2.05) is 17.4 Å². The van der Waals surface area contributed by atoms with Gasteiger partial charge < -0.3 is 9.32 Å². The van der Waals surface area contributed by atoms with Crippen molar-refractivity contribution < 1.29 is 4.42 Å². The van der Waals surface area contributed by atoms with Crippen LogP contribution in [0.2, 0.25) is 0 Å². The molecule has 0 N–H and O–H groups in total. The van der Waals surface area contributed by atoms with E-state index >= 15 is 0 Å². The average Bonchev–Trinajstić information content (AvgIpc) is 3.87. The minimum atomic E-state index is 0.892. The Kier molecular flexibility index (Phi) is 7.75. The van der Waals surface area contributed by atoms with Gasteiger partial charge in [-0.3, -0.25) is 0 Å². The summed E-state index contributed by atoms with van der Waals surface area (Å²) in [5, 5.41) is 9.83. The molecule has 2 heterocycles. The molecule has 0 atom stereocenters. The normalized spacial score (nSPS) is 11.7. The zero-order valence-corrected chi connectivity index (χ0v) is 32.8. The highest BCUT2D eigenvalue weighted by molar-refractivity contribution is 7.25. The standard InChI is InChI=1S/C56H35NOS/c1-2-14-36(15-3-1)43-30-28-39(50-33-38-16-4-5-19-42(38)45-20-6-7-21-46(45)50)34-51(43)57(41-29-31-48-47-22-9-11-27-54(47)59-55(48)35-41)40-18-12-17-37(32-40)44-24-13-26-53-56(44)49-23-8-10-25-52(49)58-53/h1-35H. The zero-order valence-electron chi connectivity index (χ0n) is 32.0. The largest absolute Gasteiger partial charge is 0.456 e. The van der Waals surface area contributed by atoms with Crippen LogP contribution in [0.3, 0.4) is 0 Å². The van der Waals surface area contributed by atoms with Crippen molar-refractivity contribution in [2.75, 3.05) is 4.90 Å². The Hall–Kier alpha value is -7.46. The van der Waals surface area contributed by atoms with Crippen LogP contribution < -0.4 is 4.90 Å². The highest BCUT2D eigenvalue weighted by Gasteiger charge is 2.22. The monoisotopic (exact) mass is 769 g/mol. The predicted octanol–water partition coefficient (Wildman–Crippen LogP) is 16.7. The molecule has 0 radical (unpaired) electrons. The van der Waals surface area contributed by atoms with E-state index in [1.165, 1.54) is 52.8 Å². The van der Waals surface area contributed by atoms with E-state index in [2.05, 4.69) is 211 Å². The van der Waals surface area contributed by atoms with Crippen LogP contribution >= 0.6 is 11.3 Å². The second-order valence-electron chi connectivity index (χ2n) is 15.2. The van der Waals surface area contributed by atoms with Crippen molar-refractivity contribution in [2.24, 2.45) is 0 Å². The van der Waals surface area contributed by atoms with Gasteiger partial charge in [-0.15, -0.1) is 11.3 Å². The Bertz CT molecular complexity index is 3580. The summed E-state index contributed by atoms with van der Waals surface area (Å²) in [7, 11) is 0. The molecule has 0 aliphatic heterocycles. The molecule has 10 aromatic carbocycles. The summed E-state index contributed by atoms with van der Waals surface area (Å²) in [6, 6.07) is 77.2. The van der Waals surface area contributed by atoms with E-state index in [0.29, 0.717) is 0 Å². The van der Waals surface area contributed by atoms with E-state index < -0.39 is 0 Å². The van der Waals surface area contributed by atoms with Crippen LogP contribution in [0, 0.1) is 0 Å². The fourth-order valence-corrected chi connectivity index (χ4v) is 10.3. The number of rotatable bonds is 6. The van der Waals surface area contributed by atoms with Crippen LogP contribution in [-0.4, -0.2) is 0 Å². The van der Waals surface area contributed by atoms with Gasteiger partial charge in [-0.2, -0.15) is 0 Å². The van der Waals surface area contributed by atoms with Gasteiger partial charge in [0.05, 0.1) is 5.69 Å². The van der Waals surface area contributed by atoms with Gasteiger partial charge in [-0.1, -0.05) is 158 Å². The third-order valence-corrected chi connectivity index (χ3v) is 13.0. The number of nitrogens with zero attached hydrogens (tertiary/aromatic N) is 1. The molecule has 3 heteroatoms. The fourth-order valence-electron chi connectivity index (χ4n) is 9.15. The van der Waals surface area contributed by atoms with E-state index in [1.54, 1.807) is 0 Å². The van der Waals surface area contributed by atoms with Crippen molar-refractivity contribution in [3.63, 3.8) is 0 Å². The minimum Gasteiger partial charge on any atom is -0.456 e. The Morgan fingerprint density at radius 1 is 0.339 bits per heavy atom. The lowest BCUT2D eigenvalue weighted by Gasteiger charge is -2.29. The molecule has 276 valence electrons. The maximum atomic E-state index is 6.36. The number of thiophene rings is 1. The summed E-state index contributed by atoms with van der Waals surface area (Å²) in [5.74, 6) is 0. The molecule has 0 unspecified atom stereocenters. The number of anilines is 3. The van der Waals surface area contributed by atoms with Gasteiger partial charge in [-0.05, 0) is 104 Å². The molecule has 0 saturated carbocycles. The number of fused-ring (bicyclic) bond motifs is 9. The molecule has 0 amide bonds. The van der Waals surface area contributed by atoms with Gasteiger partial charge in [0.1, 0.15) is 11.2 Å². The summed E-state index contributed by atoms with van der Waals surface area (Å²) in [6.07, 6.45) is 0. The molecular weight excluding hydrogens is 735 g/mol. The second-order valence-corrected chi connectivity index (χ2v) is 16.3. The second kappa shape index (κ2) is 13.6. The quantitative estimate of drug-likeness (QED) is 0.157. The van der Waals surface area contributed by atoms with Gasteiger partial charge in [0.2, 0.25) is 0 Å². The average molecular weight is 770 g/mol. The Balaban J connectivity index is 1.14. The topological polar surface area (TPSA) is 16.4 Å². The summed E-state index contributed by atoms with van der Waals surface area (Å²) in [4.78, 5) is 2.47. The molecule has 0 fully saturated rings. The first kappa shape index (κ1) is 33.7. The summed E-state index contributed by atoms with van der Waals surface area (Å²) in [5.41, 5.74) is 12.1. The number of hydrogen-bond acceptors (Lipinski definition) is 3. The number of furan rings is 1. The molecule has 0 bridgehead atoms. The molecular formula is C56H35NOS. The van der Waals surface area contributed by atoms with Gasteiger partial charge >= 0.3 is 0 Å². The van der Waals surface area contributed by atoms with Crippen LogP contribution in [0.1, 0.15) is 0 Å². The lowest BCUT2D eigenvalue weighted by molar-refractivity contribution is 0.669. The molecule has 0 aliphatic rings. The summed E-state index contributed by atoms with van der Waals surface area (Å²) < 4.78 is 8.92. The molecule has 12 rings (SSSR count). The maximum absolute atomic E-state index is 6.36. The van der Waals surface area contributed by atoms with E-state index in [4.69, 9.17) is 4.42 Å². The third-order valence-electron chi connectivity index (χ3n) is 11.8. The van der Waals surface area contributed by atoms with E-state index in [9.17, 15) is 0 Å². The maximum Gasteiger partial charge on any atom is 0.136 e. The summed E-state index contributed by atoms with van der Waals surface area (Å²) in [6.45, 7) is 0. The van der Waals surface area contributed by atoms with Gasteiger partial charge in [0.25, 0.3) is 0 Å². The first-order valence-electron chi connectivity index (χ1n) is 20.1. The lowest BCUT2D eigenvalue weighted by atomic mass is 9.91. The van der Waals surface area contributed by atoms with E-state index in [-0.39, 0.29) is 0 Å². The van der Waals surface area contributed by atoms with Gasteiger partial charge in [0.15, 0.2) is 0 Å². The number of hydrogen-bond donors (Lipinski definition) is 0.